The van der Waals surface area contributed by atoms with Gasteiger partial charge >= 0.3 is 0 Å². The number of rotatable bonds is 9. The molecule has 0 radical (unpaired) electrons. The van der Waals surface area contributed by atoms with Crippen molar-refractivity contribution >= 4 is 17.3 Å². The first kappa shape index (κ1) is 13.6. The van der Waals surface area contributed by atoms with E-state index in [9.17, 15) is 0 Å². The summed E-state index contributed by atoms with van der Waals surface area (Å²) < 4.78 is 15.2. The van der Waals surface area contributed by atoms with E-state index in [1.807, 2.05) is 0 Å². The monoisotopic (exact) mass is 222 g/mol. The van der Waals surface area contributed by atoms with Crippen LogP contribution in [-0.4, -0.2) is 51.8 Å². The number of ether oxygens (including phenoxy) is 3. The Morgan fingerprint density at radius 3 is 2.29 bits per heavy atom. The Bertz CT molecular complexity index is 147. The predicted molar refractivity (Wildman–Crippen MR) is 58.3 cm³/mol. The lowest BCUT2D eigenvalue weighted by molar-refractivity contribution is 0.0262. The maximum Gasteiger partial charge on any atom is 0.163 e. The number of nitrogens with two attached hydrogens (primary N) is 1. The van der Waals surface area contributed by atoms with Gasteiger partial charge in [0.15, 0.2) is 5.11 Å². The maximum atomic E-state index is 5.22. The molecule has 0 aliphatic carbocycles. The predicted octanol–water partition coefficient (Wildman–Crippen LogP) is -0.501. The van der Waals surface area contributed by atoms with Gasteiger partial charge in [-0.1, -0.05) is 0 Å². The van der Waals surface area contributed by atoms with Gasteiger partial charge < -0.3 is 25.3 Å². The Morgan fingerprint density at radius 2 is 1.71 bits per heavy atom. The molecule has 0 aliphatic heterocycles. The molecule has 0 aromatic heterocycles. The topological polar surface area (TPSA) is 65.7 Å². The highest BCUT2D eigenvalue weighted by atomic mass is 32.1. The normalized spacial score (nSPS) is 10.1. The quantitative estimate of drug-likeness (QED) is 0.405. The van der Waals surface area contributed by atoms with E-state index < -0.39 is 0 Å². The summed E-state index contributed by atoms with van der Waals surface area (Å²) in [4.78, 5) is 0. The number of methoxy groups -OCH3 is 1. The molecule has 0 aromatic rings. The van der Waals surface area contributed by atoms with Crippen LogP contribution < -0.4 is 11.1 Å². The zero-order valence-electron chi connectivity index (χ0n) is 8.45. The van der Waals surface area contributed by atoms with Gasteiger partial charge in [-0.2, -0.15) is 0 Å². The summed E-state index contributed by atoms with van der Waals surface area (Å²) in [5.41, 5.74) is 5.21. The van der Waals surface area contributed by atoms with E-state index in [0.29, 0.717) is 44.7 Å². The van der Waals surface area contributed by atoms with Crippen LogP contribution in [0.4, 0.5) is 0 Å². The van der Waals surface area contributed by atoms with Crippen molar-refractivity contribution in [1.82, 2.24) is 5.32 Å². The largest absolute Gasteiger partial charge is 0.382 e. The summed E-state index contributed by atoms with van der Waals surface area (Å²) >= 11 is 4.62. The lowest BCUT2D eigenvalue weighted by atomic mass is 10.6. The summed E-state index contributed by atoms with van der Waals surface area (Å²) in [5.74, 6) is 0. The van der Waals surface area contributed by atoms with Gasteiger partial charge in [0.25, 0.3) is 0 Å². The van der Waals surface area contributed by atoms with Gasteiger partial charge in [-0.05, 0) is 12.2 Å². The van der Waals surface area contributed by atoms with Crippen molar-refractivity contribution in [3.63, 3.8) is 0 Å². The summed E-state index contributed by atoms with van der Waals surface area (Å²) in [6.45, 7) is 3.57. The first-order valence-electron chi connectivity index (χ1n) is 4.45. The van der Waals surface area contributed by atoms with Gasteiger partial charge in [0.1, 0.15) is 0 Å². The highest BCUT2D eigenvalue weighted by Gasteiger charge is 1.90. The fraction of sp³-hybridized carbons (Fsp3) is 0.875. The SMILES string of the molecule is COCCOCCOCCNC(N)=S. The smallest absolute Gasteiger partial charge is 0.163 e. The molecule has 5 nitrogen and oxygen atoms in total. The van der Waals surface area contributed by atoms with Gasteiger partial charge in [-0.15, -0.1) is 0 Å². The summed E-state index contributed by atoms with van der Waals surface area (Å²) in [6, 6.07) is 0. The zero-order chi connectivity index (χ0) is 10.6. The molecule has 14 heavy (non-hydrogen) atoms. The average molecular weight is 222 g/mol. The molecule has 0 rings (SSSR count). The number of hydrogen-bond donors (Lipinski definition) is 2. The van der Waals surface area contributed by atoms with Gasteiger partial charge in [0.2, 0.25) is 0 Å². The van der Waals surface area contributed by atoms with Crippen molar-refractivity contribution in [1.29, 1.82) is 0 Å². The summed E-state index contributed by atoms with van der Waals surface area (Å²) in [7, 11) is 1.64. The van der Waals surface area contributed by atoms with Gasteiger partial charge in [0.05, 0.1) is 33.0 Å². The highest BCUT2D eigenvalue weighted by Crippen LogP contribution is 1.78. The number of thiocarbonyl (C=S) groups is 1. The summed E-state index contributed by atoms with van der Waals surface area (Å²) in [6.07, 6.45) is 0. The van der Waals surface area contributed by atoms with Crippen LogP contribution in [0.3, 0.4) is 0 Å². The molecule has 0 unspecified atom stereocenters. The second-order valence-corrected chi connectivity index (χ2v) is 2.95. The highest BCUT2D eigenvalue weighted by molar-refractivity contribution is 7.80. The molecule has 0 amide bonds. The fourth-order valence-corrected chi connectivity index (χ4v) is 0.813. The lowest BCUT2D eigenvalue weighted by Crippen LogP contribution is -2.32. The first-order chi connectivity index (χ1) is 6.77. The average Bonchev–Trinajstić information content (AvgIpc) is 2.15. The Morgan fingerprint density at radius 1 is 1.14 bits per heavy atom. The molecule has 0 aliphatic rings. The molecular formula is C8H18N2O3S. The Balaban J connectivity index is 2.88. The lowest BCUT2D eigenvalue weighted by Gasteiger charge is -2.06. The van der Waals surface area contributed by atoms with Crippen LogP contribution in [0.5, 0.6) is 0 Å². The Labute approximate surface area is 89.9 Å². The van der Waals surface area contributed by atoms with Crippen molar-refractivity contribution in [2.24, 2.45) is 5.73 Å². The van der Waals surface area contributed by atoms with Crippen LogP contribution in [0.1, 0.15) is 0 Å². The second kappa shape index (κ2) is 10.6. The molecular weight excluding hydrogens is 204 g/mol. The summed E-state index contributed by atoms with van der Waals surface area (Å²) in [5, 5.41) is 3.08. The standard InChI is InChI=1S/C8H18N2O3S/c1-11-4-5-13-7-6-12-3-2-10-8(9)14/h2-7H2,1H3,(H3,9,10,14). The molecule has 0 bridgehead atoms. The minimum absolute atomic E-state index is 0.296. The fourth-order valence-electron chi connectivity index (χ4n) is 0.711. The van der Waals surface area contributed by atoms with Crippen molar-refractivity contribution in [2.75, 3.05) is 46.7 Å². The van der Waals surface area contributed by atoms with Crippen LogP contribution >= 0.6 is 12.2 Å². The van der Waals surface area contributed by atoms with Crippen LogP contribution in [0, 0.1) is 0 Å². The van der Waals surface area contributed by atoms with E-state index in [4.69, 9.17) is 19.9 Å². The van der Waals surface area contributed by atoms with Crippen LogP contribution in [0.15, 0.2) is 0 Å². The van der Waals surface area contributed by atoms with E-state index in [0.717, 1.165) is 0 Å². The molecule has 0 heterocycles. The van der Waals surface area contributed by atoms with Crippen molar-refractivity contribution in [3.8, 4) is 0 Å². The molecule has 0 atom stereocenters. The van der Waals surface area contributed by atoms with Gasteiger partial charge in [-0.25, -0.2) is 0 Å². The second-order valence-electron chi connectivity index (χ2n) is 2.51. The van der Waals surface area contributed by atoms with Gasteiger partial charge in [0, 0.05) is 13.7 Å². The molecule has 6 heteroatoms. The Kier molecular flexibility index (Phi) is 10.3. The van der Waals surface area contributed by atoms with Crippen molar-refractivity contribution in [3.05, 3.63) is 0 Å². The van der Waals surface area contributed by atoms with Crippen LogP contribution in [0.25, 0.3) is 0 Å². The third-order valence-electron chi connectivity index (χ3n) is 1.35. The van der Waals surface area contributed by atoms with E-state index in [1.165, 1.54) is 0 Å². The molecule has 0 saturated carbocycles. The van der Waals surface area contributed by atoms with E-state index >= 15 is 0 Å². The van der Waals surface area contributed by atoms with E-state index in [1.54, 1.807) is 7.11 Å². The molecule has 84 valence electrons. The molecule has 0 fully saturated rings. The van der Waals surface area contributed by atoms with Crippen molar-refractivity contribution in [2.45, 2.75) is 0 Å². The number of nitrogens with one attached hydrogen (secondary N) is 1. The van der Waals surface area contributed by atoms with E-state index in [-0.39, 0.29) is 0 Å². The Hall–Kier alpha value is -0.430. The van der Waals surface area contributed by atoms with Crippen LogP contribution in [0.2, 0.25) is 0 Å². The first-order valence-corrected chi connectivity index (χ1v) is 4.86. The zero-order valence-corrected chi connectivity index (χ0v) is 9.27. The molecule has 0 aromatic carbocycles. The van der Waals surface area contributed by atoms with Crippen molar-refractivity contribution < 1.29 is 14.2 Å². The van der Waals surface area contributed by atoms with E-state index in [2.05, 4.69) is 17.5 Å². The third kappa shape index (κ3) is 11.6. The minimum atomic E-state index is 0.296. The molecule has 0 saturated heterocycles. The molecule has 3 N–H and O–H groups in total. The maximum absolute atomic E-state index is 5.22. The third-order valence-corrected chi connectivity index (χ3v) is 1.49. The minimum Gasteiger partial charge on any atom is -0.382 e. The van der Waals surface area contributed by atoms with Crippen LogP contribution in [-0.2, 0) is 14.2 Å². The number of hydrogen-bond acceptors (Lipinski definition) is 4. The van der Waals surface area contributed by atoms with Gasteiger partial charge in [-0.3, -0.25) is 0 Å². The molecule has 0 spiro atoms.